The maximum absolute atomic E-state index is 10.7. The van der Waals surface area contributed by atoms with E-state index >= 15 is 0 Å². The molecular weight excluding hydrogens is 204 g/mol. The number of aliphatic carboxylic acids is 1. The highest BCUT2D eigenvalue weighted by Crippen LogP contribution is 2.45. The van der Waals surface area contributed by atoms with E-state index < -0.39 is 17.5 Å². The van der Waals surface area contributed by atoms with Crippen LogP contribution in [0.4, 0.5) is 0 Å². The molecule has 1 aromatic carbocycles. The molecule has 0 spiro atoms. The fraction of sp³-hybridized carbons (Fsp3) is 0.462. The summed E-state index contributed by atoms with van der Waals surface area (Å²) in [7, 11) is 0. The molecule has 0 atom stereocenters. The summed E-state index contributed by atoms with van der Waals surface area (Å²) < 4.78 is 0. The zero-order valence-corrected chi connectivity index (χ0v) is 9.53. The molecule has 0 bridgehead atoms. The molecule has 2 N–H and O–H groups in total. The number of hydrogen-bond donors (Lipinski definition) is 2. The van der Waals surface area contributed by atoms with Gasteiger partial charge in [-0.15, -0.1) is 0 Å². The molecular formula is C13H16O3. The van der Waals surface area contributed by atoms with E-state index in [-0.39, 0.29) is 0 Å². The highest BCUT2D eigenvalue weighted by Gasteiger charge is 2.47. The average Bonchev–Trinajstić information content (AvgIpc) is 2.17. The molecule has 1 aliphatic rings. The summed E-state index contributed by atoms with van der Waals surface area (Å²) in [6, 6.07) is 5.81. The van der Waals surface area contributed by atoms with E-state index in [1.807, 2.05) is 32.0 Å². The van der Waals surface area contributed by atoms with Crippen molar-refractivity contribution in [3.05, 3.63) is 34.9 Å². The molecule has 1 aromatic rings. The number of carboxylic acid groups (broad SMARTS) is 1. The van der Waals surface area contributed by atoms with Gasteiger partial charge in [-0.2, -0.15) is 0 Å². The molecule has 0 aromatic heterocycles. The number of rotatable bonds is 2. The van der Waals surface area contributed by atoms with Crippen molar-refractivity contribution >= 4 is 5.97 Å². The monoisotopic (exact) mass is 220 g/mol. The van der Waals surface area contributed by atoms with Gasteiger partial charge in [-0.3, -0.25) is 4.79 Å². The normalized spacial score (nSPS) is 28.6. The maximum atomic E-state index is 10.7. The van der Waals surface area contributed by atoms with Gasteiger partial charge in [0, 0.05) is 0 Å². The highest BCUT2D eigenvalue weighted by atomic mass is 16.4. The van der Waals surface area contributed by atoms with Crippen LogP contribution in [-0.4, -0.2) is 16.2 Å². The van der Waals surface area contributed by atoms with Crippen molar-refractivity contribution < 1.29 is 15.0 Å². The lowest BCUT2D eigenvalue weighted by Crippen LogP contribution is -2.44. The summed E-state index contributed by atoms with van der Waals surface area (Å²) in [6.07, 6.45) is 0.648. The molecule has 0 radical (unpaired) electrons. The van der Waals surface area contributed by atoms with Crippen molar-refractivity contribution in [3.8, 4) is 0 Å². The van der Waals surface area contributed by atoms with Crippen LogP contribution < -0.4 is 0 Å². The first-order valence-electron chi connectivity index (χ1n) is 5.45. The van der Waals surface area contributed by atoms with Crippen molar-refractivity contribution in [2.45, 2.75) is 32.3 Å². The molecule has 0 aliphatic heterocycles. The minimum Gasteiger partial charge on any atom is -0.481 e. The van der Waals surface area contributed by atoms with Crippen LogP contribution in [0.25, 0.3) is 0 Å². The minimum atomic E-state index is -0.929. The quantitative estimate of drug-likeness (QED) is 0.801. The van der Waals surface area contributed by atoms with Crippen LogP contribution in [-0.2, 0) is 10.4 Å². The zero-order valence-electron chi connectivity index (χ0n) is 9.53. The van der Waals surface area contributed by atoms with Gasteiger partial charge in [0.05, 0.1) is 11.5 Å². The Kier molecular flexibility index (Phi) is 2.50. The van der Waals surface area contributed by atoms with Crippen LogP contribution in [0, 0.1) is 19.8 Å². The summed E-state index contributed by atoms with van der Waals surface area (Å²) >= 11 is 0. The average molecular weight is 220 g/mol. The Morgan fingerprint density at radius 1 is 1.31 bits per heavy atom. The Hall–Kier alpha value is -1.35. The molecule has 0 saturated heterocycles. The van der Waals surface area contributed by atoms with Gasteiger partial charge in [0.25, 0.3) is 0 Å². The second kappa shape index (κ2) is 3.59. The van der Waals surface area contributed by atoms with Crippen molar-refractivity contribution in [2.24, 2.45) is 5.92 Å². The van der Waals surface area contributed by atoms with Crippen molar-refractivity contribution in [2.75, 3.05) is 0 Å². The minimum absolute atomic E-state index is 0.324. The number of hydrogen-bond acceptors (Lipinski definition) is 2. The van der Waals surface area contributed by atoms with E-state index in [0.717, 1.165) is 11.1 Å². The first-order chi connectivity index (χ1) is 7.42. The molecule has 1 aliphatic carbocycles. The van der Waals surface area contributed by atoms with Gasteiger partial charge in [0.1, 0.15) is 0 Å². The van der Waals surface area contributed by atoms with E-state index in [1.54, 1.807) is 0 Å². The molecule has 0 heterocycles. The summed E-state index contributed by atoms with van der Waals surface area (Å²) in [6.45, 7) is 4.01. The maximum Gasteiger partial charge on any atom is 0.306 e. The van der Waals surface area contributed by atoms with E-state index in [0.29, 0.717) is 12.8 Å². The smallest absolute Gasteiger partial charge is 0.306 e. The number of benzene rings is 1. The largest absolute Gasteiger partial charge is 0.481 e. The third-order valence-corrected chi connectivity index (χ3v) is 3.56. The van der Waals surface area contributed by atoms with Crippen LogP contribution >= 0.6 is 0 Å². The number of carbonyl (C=O) groups is 1. The van der Waals surface area contributed by atoms with E-state index in [9.17, 15) is 9.90 Å². The molecule has 0 amide bonds. The van der Waals surface area contributed by atoms with Crippen LogP contribution in [0.3, 0.4) is 0 Å². The Morgan fingerprint density at radius 2 is 1.94 bits per heavy atom. The van der Waals surface area contributed by atoms with Gasteiger partial charge in [0.15, 0.2) is 0 Å². The van der Waals surface area contributed by atoms with Crippen molar-refractivity contribution in [3.63, 3.8) is 0 Å². The Balaban J connectivity index is 2.20. The second-order valence-electron chi connectivity index (χ2n) is 4.77. The number of aryl methyl sites for hydroxylation is 2. The lowest BCUT2D eigenvalue weighted by Gasteiger charge is -2.42. The fourth-order valence-corrected chi connectivity index (χ4v) is 2.20. The van der Waals surface area contributed by atoms with Gasteiger partial charge in [-0.25, -0.2) is 0 Å². The molecule has 2 rings (SSSR count). The van der Waals surface area contributed by atoms with Gasteiger partial charge in [-0.05, 0) is 43.4 Å². The van der Waals surface area contributed by atoms with Crippen LogP contribution in [0.2, 0.25) is 0 Å². The summed E-state index contributed by atoms with van der Waals surface area (Å²) in [5.41, 5.74) is 2.22. The molecule has 3 heteroatoms. The standard InChI is InChI=1S/C13H16O3/c1-8-3-4-11(5-9(8)2)13(16)6-10(7-13)12(14)15/h3-5,10,16H,6-7H2,1-2H3,(H,14,15). The van der Waals surface area contributed by atoms with Crippen molar-refractivity contribution in [1.82, 2.24) is 0 Å². The zero-order chi connectivity index (χ0) is 11.9. The Bertz CT molecular complexity index is 431. The first kappa shape index (κ1) is 11.1. The molecule has 1 saturated carbocycles. The third-order valence-electron chi connectivity index (χ3n) is 3.56. The summed E-state index contributed by atoms with van der Waals surface area (Å²) in [5.74, 6) is -1.21. The fourth-order valence-electron chi connectivity index (χ4n) is 2.20. The third kappa shape index (κ3) is 1.71. The molecule has 3 nitrogen and oxygen atoms in total. The topological polar surface area (TPSA) is 57.5 Å². The van der Waals surface area contributed by atoms with E-state index in [1.165, 1.54) is 5.56 Å². The van der Waals surface area contributed by atoms with Crippen LogP contribution in [0.15, 0.2) is 18.2 Å². The number of carboxylic acids is 1. The second-order valence-corrected chi connectivity index (χ2v) is 4.77. The lowest BCUT2D eigenvalue weighted by atomic mass is 9.67. The van der Waals surface area contributed by atoms with Gasteiger partial charge >= 0.3 is 5.97 Å². The van der Waals surface area contributed by atoms with E-state index in [2.05, 4.69) is 0 Å². The van der Waals surface area contributed by atoms with Gasteiger partial charge < -0.3 is 10.2 Å². The first-order valence-corrected chi connectivity index (χ1v) is 5.45. The molecule has 0 unspecified atom stereocenters. The number of aliphatic hydroxyl groups is 1. The molecule has 16 heavy (non-hydrogen) atoms. The van der Waals surface area contributed by atoms with Gasteiger partial charge in [-0.1, -0.05) is 18.2 Å². The van der Waals surface area contributed by atoms with Crippen LogP contribution in [0.5, 0.6) is 0 Å². The summed E-state index contributed by atoms with van der Waals surface area (Å²) in [4.78, 5) is 10.7. The predicted octanol–water partition coefficient (Wildman–Crippen LogP) is 1.99. The SMILES string of the molecule is Cc1ccc(C2(O)CC(C(=O)O)C2)cc1C. The van der Waals surface area contributed by atoms with Crippen LogP contribution in [0.1, 0.15) is 29.5 Å². The predicted molar refractivity (Wildman–Crippen MR) is 60.2 cm³/mol. The van der Waals surface area contributed by atoms with Gasteiger partial charge in [0.2, 0.25) is 0 Å². The van der Waals surface area contributed by atoms with E-state index in [4.69, 9.17) is 5.11 Å². The summed E-state index contributed by atoms with van der Waals surface area (Å²) in [5, 5.41) is 19.1. The highest BCUT2D eigenvalue weighted by molar-refractivity contribution is 5.71. The Labute approximate surface area is 94.7 Å². The van der Waals surface area contributed by atoms with Crippen molar-refractivity contribution in [1.29, 1.82) is 0 Å². The molecule has 1 fully saturated rings. The molecule has 86 valence electrons. The lowest BCUT2D eigenvalue weighted by molar-refractivity contribution is -0.159. The Morgan fingerprint density at radius 3 is 2.44 bits per heavy atom.